The Morgan fingerprint density at radius 1 is 0.958 bits per heavy atom. The molecule has 126 valence electrons. The van der Waals surface area contributed by atoms with Gasteiger partial charge >= 0.3 is 0 Å². The zero-order valence-electron chi connectivity index (χ0n) is 14.3. The highest BCUT2D eigenvalue weighted by molar-refractivity contribution is 7.90. The molecule has 0 aliphatic carbocycles. The minimum absolute atomic E-state index is 0.152. The van der Waals surface area contributed by atoms with Crippen LogP contribution in [0.3, 0.4) is 0 Å². The van der Waals surface area contributed by atoms with Gasteiger partial charge in [0.2, 0.25) is 0 Å². The van der Waals surface area contributed by atoms with Crippen LogP contribution in [0.2, 0.25) is 0 Å². The molecule has 0 amide bonds. The molecule has 6 heteroatoms. The predicted octanol–water partition coefficient (Wildman–Crippen LogP) is 3.11. The van der Waals surface area contributed by atoms with Gasteiger partial charge in [-0.3, -0.25) is 0 Å². The predicted molar refractivity (Wildman–Crippen MR) is 98.1 cm³/mol. The molecule has 0 bridgehead atoms. The van der Waals surface area contributed by atoms with E-state index in [0.717, 1.165) is 5.56 Å². The normalized spacial score (nSPS) is 13.0. The van der Waals surface area contributed by atoms with Crippen molar-refractivity contribution < 1.29 is 8.42 Å². The number of hydrogen-bond acceptors (Lipinski definition) is 2. The first kappa shape index (κ1) is 17.9. The molecule has 0 spiro atoms. The summed E-state index contributed by atoms with van der Waals surface area (Å²) in [5.41, 5.74) is 1.64. The van der Waals surface area contributed by atoms with Gasteiger partial charge in [-0.25, -0.2) is 4.99 Å². The van der Waals surface area contributed by atoms with Gasteiger partial charge in [0.1, 0.15) is 5.84 Å². The van der Waals surface area contributed by atoms with E-state index >= 15 is 0 Å². The Kier molecular flexibility index (Phi) is 5.51. The zero-order chi connectivity index (χ0) is 17.7. The lowest BCUT2D eigenvalue weighted by Crippen LogP contribution is -2.20. The molecular formula is C18H21N3O2S. The van der Waals surface area contributed by atoms with Gasteiger partial charge in [0.15, 0.2) is 5.84 Å². The van der Waals surface area contributed by atoms with E-state index in [2.05, 4.69) is 9.39 Å². The van der Waals surface area contributed by atoms with Crippen LogP contribution in [0.25, 0.3) is 0 Å². The molecule has 2 rings (SSSR count). The SMILES string of the molecule is CC(=N/C(=N\S(=O)(=O)c1ccc(C)cc1)c1ccccc1)N(C)C. The van der Waals surface area contributed by atoms with E-state index in [4.69, 9.17) is 0 Å². The number of aliphatic imine (C=N–C) groups is 1. The lowest BCUT2D eigenvalue weighted by Gasteiger charge is -2.12. The molecule has 0 saturated carbocycles. The summed E-state index contributed by atoms with van der Waals surface area (Å²) in [6, 6.07) is 15.7. The Morgan fingerprint density at radius 3 is 2.08 bits per heavy atom. The van der Waals surface area contributed by atoms with Crippen molar-refractivity contribution in [3.8, 4) is 0 Å². The summed E-state index contributed by atoms with van der Waals surface area (Å²) in [5, 5.41) is 0. The monoisotopic (exact) mass is 343 g/mol. The molecule has 24 heavy (non-hydrogen) atoms. The number of benzene rings is 2. The van der Waals surface area contributed by atoms with Gasteiger partial charge in [-0.1, -0.05) is 48.0 Å². The van der Waals surface area contributed by atoms with Gasteiger partial charge < -0.3 is 4.90 Å². The van der Waals surface area contributed by atoms with E-state index < -0.39 is 10.0 Å². The fourth-order valence-electron chi connectivity index (χ4n) is 1.85. The van der Waals surface area contributed by atoms with Crippen molar-refractivity contribution in [1.82, 2.24) is 4.90 Å². The van der Waals surface area contributed by atoms with E-state index in [1.165, 1.54) is 0 Å². The van der Waals surface area contributed by atoms with E-state index in [1.54, 1.807) is 48.2 Å². The molecule has 0 aliphatic rings. The van der Waals surface area contributed by atoms with Gasteiger partial charge in [-0.05, 0) is 26.0 Å². The zero-order valence-corrected chi connectivity index (χ0v) is 15.1. The summed E-state index contributed by atoms with van der Waals surface area (Å²) >= 11 is 0. The topological polar surface area (TPSA) is 62.1 Å². The van der Waals surface area contributed by atoms with Crippen molar-refractivity contribution in [1.29, 1.82) is 0 Å². The summed E-state index contributed by atoms with van der Waals surface area (Å²) in [5.74, 6) is 0.832. The first-order valence-corrected chi connectivity index (χ1v) is 8.93. The Labute approximate surface area is 143 Å². The van der Waals surface area contributed by atoms with Gasteiger partial charge in [0.25, 0.3) is 10.0 Å². The third kappa shape index (κ3) is 4.52. The second-order valence-electron chi connectivity index (χ2n) is 5.62. The molecule has 0 atom stereocenters. The van der Waals surface area contributed by atoms with Crippen molar-refractivity contribution in [3.05, 3.63) is 65.7 Å². The second kappa shape index (κ2) is 7.40. The molecule has 5 nitrogen and oxygen atoms in total. The maximum atomic E-state index is 12.6. The van der Waals surface area contributed by atoms with E-state index in [-0.39, 0.29) is 10.7 Å². The molecule has 0 saturated heterocycles. The first-order valence-electron chi connectivity index (χ1n) is 7.49. The van der Waals surface area contributed by atoms with Gasteiger partial charge in [-0.15, -0.1) is 4.40 Å². The van der Waals surface area contributed by atoms with Crippen LogP contribution in [0.4, 0.5) is 0 Å². The molecule has 0 N–H and O–H groups in total. The van der Waals surface area contributed by atoms with E-state index in [1.807, 2.05) is 39.2 Å². The van der Waals surface area contributed by atoms with Crippen LogP contribution in [0, 0.1) is 6.92 Å². The summed E-state index contributed by atoms with van der Waals surface area (Å²) in [6.45, 7) is 3.71. The quantitative estimate of drug-likeness (QED) is 0.635. The minimum Gasteiger partial charge on any atom is -0.366 e. The molecule has 0 heterocycles. The van der Waals surface area contributed by atoms with Crippen LogP contribution in [0.1, 0.15) is 18.1 Å². The fraction of sp³-hybridized carbons (Fsp3) is 0.222. The Bertz CT molecular complexity index is 853. The third-order valence-electron chi connectivity index (χ3n) is 3.47. The number of nitrogens with zero attached hydrogens (tertiary/aromatic N) is 3. The highest BCUT2D eigenvalue weighted by Gasteiger charge is 2.15. The third-order valence-corrected chi connectivity index (χ3v) is 4.75. The Balaban J connectivity index is 2.56. The van der Waals surface area contributed by atoms with Crippen molar-refractivity contribution in [3.63, 3.8) is 0 Å². The van der Waals surface area contributed by atoms with Gasteiger partial charge in [0, 0.05) is 19.7 Å². The molecule has 0 unspecified atom stereocenters. The second-order valence-corrected chi connectivity index (χ2v) is 7.23. The maximum Gasteiger partial charge on any atom is 0.284 e. The minimum atomic E-state index is -3.83. The largest absolute Gasteiger partial charge is 0.366 e. The summed E-state index contributed by atoms with van der Waals surface area (Å²) < 4.78 is 29.2. The fourth-order valence-corrected chi connectivity index (χ4v) is 2.81. The number of aryl methyl sites for hydroxylation is 1. The molecule has 2 aromatic carbocycles. The molecule has 0 aromatic heterocycles. The highest BCUT2D eigenvalue weighted by atomic mass is 32.2. The van der Waals surface area contributed by atoms with Crippen LogP contribution in [-0.2, 0) is 10.0 Å². The average Bonchev–Trinajstić information content (AvgIpc) is 2.55. The lowest BCUT2D eigenvalue weighted by molar-refractivity contribution is 0.598. The van der Waals surface area contributed by atoms with E-state index in [0.29, 0.717) is 11.4 Å². The van der Waals surface area contributed by atoms with E-state index in [9.17, 15) is 8.42 Å². The Hall–Kier alpha value is -2.47. The molecule has 0 aliphatic heterocycles. The highest BCUT2D eigenvalue weighted by Crippen LogP contribution is 2.15. The molecular weight excluding hydrogens is 322 g/mol. The molecule has 0 fully saturated rings. The summed E-state index contributed by atoms with van der Waals surface area (Å²) in [6.07, 6.45) is 0. The Morgan fingerprint density at radius 2 is 1.54 bits per heavy atom. The van der Waals surface area contributed by atoms with Crippen molar-refractivity contribution in [2.75, 3.05) is 14.1 Å². The van der Waals surface area contributed by atoms with Crippen molar-refractivity contribution in [2.24, 2.45) is 9.39 Å². The number of hydrogen-bond donors (Lipinski definition) is 0. The van der Waals surface area contributed by atoms with Crippen LogP contribution in [0.5, 0.6) is 0 Å². The lowest BCUT2D eigenvalue weighted by atomic mass is 10.2. The average molecular weight is 343 g/mol. The standard InChI is InChI=1S/C18H21N3O2S/c1-14-10-12-17(13-11-14)24(22,23)20-18(19-15(2)21(3)4)16-8-6-5-7-9-16/h5-13H,1-4H3/b19-15?,20-18-. The van der Waals surface area contributed by atoms with Crippen LogP contribution in [0.15, 0.2) is 68.9 Å². The van der Waals surface area contributed by atoms with Crippen LogP contribution < -0.4 is 0 Å². The molecule has 2 aromatic rings. The van der Waals surface area contributed by atoms with Gasteiger partial charge in [-0.2, -0.15) is 8.42 Å². The summed E-state index contributed by atoms with van der Waals surface area (Å²) in [7, 11) is -0.147. The van der Waals surface area contributed by atoms with Crippen molar-refractivity contribution in [2.45, 2.75) is 18.7 Å². The maximum absolute atomic E-state index is 12.6. The smallest absolute Gasteiger partial charge is 0.284 e. The van der Waals surface area contributed by atoms with Crippen molar-refractivity contribution >= 4 is 21.7 Å². The van der Waals surface area contributed by atoms with Crippen LogP contribution >= 0.6 is 0 Å². The first-order chi connectivity index (χ1) is 11.3. The number of sulfonamides is 1. The number of rotatable bonds is 3. The van der Waals surface area contributed by atoms with Crippen LogP contribution in [-0.4, -0.2) is 39.1 Å². The number of amidine groups is 2. The summed E-state index contributed by atoms with van der Waals surface area (Å²) in [4.78, 5) is 6.34. The van der Waals surface area contributed by atoms with Gasteiger partial charge in [0.05, 0.1) is 4.90 Å². The molecule has 0 radical (unpaired) electrons.